The number of nitrogens with one attached hydrogen (secondary N) is 2. The number of imide groups is 1. The van der Waals surface area contributed by atoms with Crippen molar-refractivity contribution in [1.29, 1.82) is 0 Å². The first kappa shape index (κ1) is 19.5. The second kappa shape index (κ2) is 7.38. The second-order valence-electron chi connectivity index (χ2n) is 7.29. The van der Waals surface area contributed by atoms with Gasteiger partial charge in [0, 0.05) is 11.1 Å². The van der Waals surface area contributed by atoms with Gasteiger partial charge >= 0.3 is 6.03 Å². The maximum absolute atomic E-state index is 12.9. The van der Waals surface area contributed by atoms with Gasteiger partial charge in [0.25, 0.3) is 5.91 Å². The first-order chi connectivity index (χ1) is 12.8. The predicted octanol–water partition coefficient (Wildman–Crippen LogP) is 3.10. The highest BCUT2D eigenvalue weighted by Crippen LogP contribution is 2.38. The molecule has 1 saturated heterocycles. The molecule has 146 valence electrons. The van der Waals surface area contributed by atoms with E-state index in [4.69, 9.17) is 16.3 Å². The van der Waals surface area contributed by atoms with E-state index >= 15 is 0 Å². The number of benzene rings is 1. The zero-order valence-electron chi connectivity index (χ0n) is 15.7. The molecular weight excluding hydrogens is 370 g/mol. The van der Waals surface area contributed by atoms with E-state index in [2.05, 4.69) is 10.6 Å². The minimum atomic E-state index is -0.871. The lowest BCUT2D eigenvalue weighted by Gasteiger charge is -2.36. The number of hydrogen-bond acceptors (Lipinski definition) is 4. The van der Waals surface area contributed by atoms with Crippen LogP contribution in [0.3, 0.4) is 0 Å². The third-order valence-electron chi connectivity index (χ3n) is 5.56. The lowest BCUT2D eigenvalue weighted by Crippen LogP contribution is -2.54. The average Bonchev–Trinajstić information content (AvgIpc) is 2.85. The molecule has 1 aromatic rings. The Hall–Kier alpha value is -2.28. The number of halogens is 1. The van der Waals surface area contributed by atoms with Gasteiger partial charge in [-0.3, -0.25) is 14.5 Å². The molecule has 2 fully saturated rings. The molecule has 7 nitrogen and oxygen atoms in total. The number of methoxy groups -OCH3 is 1. The summed E-state index contributed by atoms with van der Waals surface area (Å²) in [5, 5.41) is 6.07. The Morgan fingerprint density at radius 2 is 2.15 bits per heavy atom. The van der Waals surface area contributed by atoms with Crippen LogP contribution in [0, 0.1) is 12.8 Å². The molecule has 8 heteroatoms. The number of ether oxygens (including phenoxy) is 1. The fourth-order valence-electron chi connectivity index (χ4n) is 3.90. The number of anilines is 1. The molecule has 2 atom stereocenters. The largest absolute Gasteiger partial charge is 0.495 e. The molecule has 1 saturated carbocycles. The van der Waals surface area contributed by atoms with Gasteiger partial charge in [-0.15, -0.1) is 0 Å². The van der Waals surface area contributed by atoms with Crippen LogP contribution in [0.4, 0.5) is 10.5 Å². The Bertz CT molecular complexity index is 797. The van der Waals surface area contributed by atoms with Crippen LogP contribution >= 0.6 is 11.6 Å². The maximum Gasteiger partial charge on any atom is 0.325 e. The molecular formula is C19H24ClN3O4. The van der Waals surface area contributed by atoms with E-state index in [1.54, 1.807) is 12.1 Å². The fraction of sp³-hybridized carbons (Fsp3) is 0.526. The summed E-state index contributed by atoms with van der Waals surface area (Å²) in [6.45, 7) is 3.44. The number of carbonyl (C=O) groups is 3. The van der Waals surface area contributed by atoms with Crippen LogP contribution in [0.15, 0.2) is 12.1 Å². The SMILES string of the molecule is COc1cc(Cl)c(C)cc1NC(=O)CN1C(=O)N[C@@]2(CCCC[C@H]2C)C1=O. The number of nitrogens with zero attached hydrogens (tertiary/aromatic N) is 1. The van der Waals surface area contributed by atoms with Crippen LogP contribution in [-0.2, 0) is 9.59 Å². The number of amides is 4. The van der Waals surface area contributed by atoms with Gasteiger partial charge in [0.1, 0.15) is 17.8 Å². The van der Waals surface area contributed by atoms with Gasteiger partial charge < -0.3 is 15.4 Å². The Balaban J connectivity index is 1.74. The zero-order valence-corrected chi connectivity index (χ0v) is 16.5. The quantitative estimate of drug-likeness (QED) is 0.769. The van der Waals surface area contributed by atoms with Gasteiger partial charge in [-0.05, 0) is 37.3 Å². The summed E-state index contributed by atoms with van der Waals surface area (Å²) in [6, 6.07) is 2.79. The molecule has 3 rings (SSSR count). The Kier molecular flexibility index (Phi) is 5.33. The molecule has 1 heterocycles. The summed E-state index contributed by atoms with van der Waals surface area (Å²) < 4.78 is 5.24. The van der Waals surface area contributed by atoms with Crippen LogP contribution < -0.4 is 15.4 Å². The number of urea groups is 1. The van der Waals surface area contributed by atoms with E-state index in [1.165, 1.54) is 7.11 Å². The summed E-state index contributed by atoms with van der Waals surface area (Å²) >= 11 is 6.07. The van der Waals surface area contributed by atoms with Crippen molar-refractivity contribution in [3.05, 3.63) is 22.7 Å². The average molecular weight is 394 g/mol. The Morgan fingerprint density at radius 1 is 1.41 bits per heavy atom. The van der Waals surface area contributed by atoms with E-state index in [0.717, 1.165) is 29.7 Å². The molecule has 2 aliphatic rings. The molecule has 2 N–H and O–H groups in total. The van der Waals surface area contributed by atoms with Crippen molar-refractivity contribution >= 4 is 35.1 Å². The van der Waals surface area contributed by atoms with Gasteiger partial charge in [0.15, 0.2) is 0 Å². The van der Waals surface area contributed by atoms with E-state index < -0.39 is 17.5 Å². The monoisotopic (exact) mass is 393 g/mol. The Morgan fingerprint density at radius 3 is 2.81 bits per heavy atom. The van der Waals surface area contributed by atoms with Crippen molar-refractivity contribution < 1.29 is 19.1 Å². The standard InChI is InChI=1S/C19H24ClN3O4/c1-11-8-14(15(27-3)9-13(11)20)21-16(24)10-23-17(25)19(22-18(23)26)7-5-4-6-12(19)2/h8-9,12H,4-7,10H2,1-3H3,(H,21,24)(H,22,26)/t12-,19-/m1/s1. The van der Waals surface area contributed by atoms with Crippen molar-refractivity contribution in [2.75, 3.05) is 19.0 Å². The minimum absolute atomic E-state index is 0.0507. The Labute approximate surface area is 163 Å². The number of carbonyl (C=O) groups excluding carboxylic acids is 3. The second-order valence-corrected chi connectivity index (χ2v) is 7.70. The van der Waals surface area contributed by atoms with E-state index in [1.807, 2.05) is 13.8 Å². The number of hydrogen-bond donors (Lipinski definition) is 2. The zero-order chi connectivity index (χ0) is 19.8. The van der Waals surface area contributed by atoms with E-state index in [9.17, 15) is 14.4 Å². The van der Waals surface area contributed by atoms with Crippen LogP contribution in [0.25, 0.3) is 0 Å². The van der Waals surface area contributed by atoms with Crippen molar-refractivity contribution in [2.24, 2.45) is 5.92 Å². The predicted molar refractivity (Wildman–Crippen MR) is 102 cm³/mol. The molecule has 1 aliphatic carbocycles. The van der Waals surface area contributed by atoms with Crippen molar-refractivity contribution in [3.8, 4) is 5.75 Å². The molecule has 0 radical (unpaired) electrons. The highest BCUT2D eigenvalue weighted by molar-refractivity contribution is 6.31. The van der Waals surface area contributed by atoms with Crippen LogP contribution in [0.1, 0.15) is 38.2 Å². The highest BCUT2D eigenvalue weighted by Gasteiger charge is 2.55. The summed E-state index contributed by atoms with van der Waals surface area (Å²) in [5.41, 5.74) is 0.347. The summed E-state index contributed by atoms with van der Waals surface area (Å²) in [6.07, 6.45) is 3.42. The smallest absolute Gasteiger partial charge is 0.325 e. The summed E-state index contributed by atoms with van der Waals surface area (Å²) in [7, 11) is 1.47. The van der Waals surface area contributed by atoms with Crippen LogP contribution in [0.2, 0.25) is 5.02 Å². The molecule has 1 aliphatic heterocycles. The van der Waals surface area contributed by atoms with Crippen molar-refractivity contribution in [2.45, 2.75) is 45.1 Å². The maximum atomic E-state index is 12.9. The molecule has 1 aromatic carbocycles. The van der Waals surface area contributed by atoms with Gasteiger partial charge in [0.05, 0.1) is 12.8 Å². The summed E-state index contributed by atoms with van der Waals surface area (Å²) in [5.74, 6) is -0.323. The topological polar surface area (TPSA) is 87.7 Å². The van der Waals surface area contributed by atoms with E-state index in [-0.39, 0.29) is 18.4 Å². The lowest BCUT2D eigenvalue weighted by atomic mass is 9.73. The molecule has 0 bridgehead atoms. The van der Waals surface area contributed by atoms with Crippen molar-refractivity contribution in [1.82, 2.24) is 10.2 Å². The lowest BCUT2D eigenvalue weighted by molar-refractivity contribution is -0.136. The normalized spacial score (nSPS) is 24.9. The van der Waals surface area contributed by atoms with Gasteiger partial charge in [-0.2, -0.15) is 0 Å². The first-order valence-electron chi connectivity index (χ1n) is 9.06. The third-order valence-corrected chi connectivity index (χ3v) is 5.97. The highest BCUT2D eigenvalue weighted by atomic mass is 35.5. The van der Waals surface area contributed by atoms with Crippen LogP contribution in [-0.4, -0.2) is 41.9 Å². The fourth-order valence-corrected chi connectivity index (χ4v) is 4.06. The molecule has 27 heavy (non-hydrogen) atoms. The first-order valence-corrected chi connectivity index (χ1v) is 9.44. The molecule has 0 unspecified atom stereocenters. The van der Waals surface area contributed by atoms with E-state index in [0.29, 0.717) is 22.9 Å². The van der Waals surface area contributed by atoms with Crippen molar-refractivity contribution in [3.63, 3.8) is 0 Å². The molecule has 1 spiro atoms. The van der Waals surface area contributed by atoms with Crippen LogP contribution in [0.5, 0.6) is 5.75 Å². The number of aryl methyl sites for hydroxylation is 1. The third kappa shape index (κ3) is 3.48. The minimum Gasteiger partial charge on any atom is -0.495 e. The summed E-state index contributed by atoms with van der Waals surface area (Å²) in [4.78, 5) is 38.8. The van der Waals surface area contributed by atoms with Gasteiger partial charge in [0.2, 0.25) is 5.91 Å². The molecule has 0 aromatic heterocycles. The molecule has 4 amide bonds. The van der Waals surface area contributed by atoms with Gasteiger partial charge in [-0.1, -0.05) is 31.4 Å². The number of rotatable bonds is 4. The van der Waals surface area contributed by atoms with Gasteiger partial charge in [-0.25, -0.2) is 4.79 Å².